The van der Waals surface area contributed by atoms with Crippen LogP contribution in [-0.4, -0.2) is 12.8 Å². The second kappa shape index (κ2) is 2.29. The van der Waals surface area contributed by atoms with Gasteiger partial charge in [0.15, 0.2) is 0 Å². The normalized spacial score (nSPS) is 22.4. The van der Waals surface area contributed by atoms with Crippen molar-refractivity contribution >= 4 is 6.21 Å². The Hall–Kier alpha value is -1.05. The van der Waals surface area contributed by atoms with Crippen molar-refractivity contribution in [2.24, 2.45) is 4.99 Å². The average Bonchev–Trinajstić information content (AvgIpc) is 2.05. The van der Waals surface area contributed by atoms with Gasteiger partial charge in [0, 0.05) is 6.21 Å². The molecule has 2 heterocycles. The van der Waals surface area contributed by atoms with E-state index in [1.165, 1.54) is 5.70 Å². The van der Waals surface area contributed by atoms with Crippen LogP contribution in [-0.2, 0) is 0 Å². The van der Waals surface area contributed by atoms with Gasteiger partial charge in [0.05, 0.1) is 17.9 Å². The predicted molar refractivity (Wildman–Crippen MR) is 40.9 cm³/mol. The van der Waals surface area contributed by atoms with E-state index < -0.39 is 0 Å². The summed E-state index contributed by atoms with van der Waals surface area (Å²) in [5.41, 5.74) is 2.25. The minimum atomic E-state index is 0.842. The molecule has 1 radical (unpaired) electrons. The highest BCUT2D eigenvalue weighted by Crippen LogP contribution is 2.18. The first-order valence-electron chi connectivity index (χ1n) is 3.56. The Bertz CT molecular complexity index is 201. The Morgan fingerprint density at radius 3 is 3.30 bits per heavy atom. The molecule has 0 amide bonds. The lowest BCUT2D eigenvalue weighted by atomic mass is 10.1. The molecule has 0 atom stereocenters. The molecular weight excluding hydrogens is 124 g/mol. The number of hydrogen-bond donors (Lipinski definition) is 0. The summed E-state index contributed by atoms with van der Waals surface area (Å²) in [4.78, 5) is 4.23. The third-order valence-electron chi connectivity index (χ3n) is 1.70. The molecule has 0 N–H and O–H groups in total. The maximum absolute atomic E-state index is 4.33. The lowest BCUT2D eigenvalue weighted by molar-refractivity contribution is 0.770. The molecule has 0 aromatic rings. The van der Waals surface area contributed by atoms with E-state index in [1.807, 2.05) is 12.3 Å². The van der Waals surface area contributed by atoms with Crippen LogP contribution in [0.1, 0.15) is 12.8 Å². The molecule has 0 unspecified atom stereocenters. The Kier molecular flexibility index (Phi) is 1.31. The number of nitrogens with zero attached hydrogens (tertiary/aromatic N) is 2. The summed E-state index contributed by atoms with van der Waals surface area (Å²) in [5, 5.41) is 4.33. The van der Waals surface area contributed by atoms with Crippen LogP contribution in [0, 0.1) is 0 Å². The van der Waals surface area contributed by atoms with Gasteiger partial charge in [-0.15, -0.1) is 0 Å². The van der Waals surface area contributed by atoms with Crippen molar-refractivity contribution in [2.75, 3.05) is 6.54 Å². The van der Waals surface area contributed by atoms with Crippen LogP contribution in [0.2, 0.25) is 0 Å². The molecule has 0 fully saturated rings. The lowest BCUT2D eigenvalue weighted by Gasteiger charge is -2.14. The fourth-order valence-corrected chi connectivity index (χ4v) is 1.19. The number of aliphatic imine (C=N–C) groups is 1. The molecule has 0 spiro atoms. The predicted octanol–water partition coefficient (Wildman–Crippen LogP) is 1.24. The zero-order valence-electron chi connectivity index (χ0n) is 5.75. The minimum absolute atomic E-state index is 0.842. The molecular formula is C8H9N2. The molecule has 0 aromatic carbocycles. The van der Waals surface area contributed by atoms with Crippen LogP contribution in [0.15, 0.2) is 28.5 Å². The summed E-state index contributed by atoms with van der Waals surface area (Å²) in [6, 6.07) is 0. The van der Waals surface area contributed by atoms with Gasteiger partial charge >= 0.3 is 0 Å². The topological polar surface area (TPSA) is 26.5 Å². The third kappa shape index (κ3) is 0.856. The number of rotatable bonds is 0. The first-order valence-corrected chi connectivity index (χ1v) is 3.56. The van der Waals surface area contributed by atoms with E-state index in [0.29, 0.717) is 0 Å². The van der Waals surface area contributed by atoms with Gasteiger partial charge in [0.25, 0.3) is 0 Å². The molecule has 0 bridgehead atoms. The monoisotopic (exact) mass is 133 g/mol. The summed E-state index contributed by atoms with van der Waals surface area (Å²) in [6.07, 6.45) is 8.18. The SMILES string of the molecule is C1=CC2=C(CCC=N2)[N]C1. The first kappa shape index (κ1) is 5.71. The van der Waals surface area contributed by atoms with E-state index >= 15 is 0 Å². The van der Waals surface area contributed by atoms with E-state index in [0.717, 1.165) is 25.1 Å². The Morgan fingerprint density at radius 1 is 1.40 bits per heavy atom. The smallest absolute Gasteiger partial charge is 0.0833 e. The van der Waals surface area contributed by atoms with Crippen molar-refractivity contribution in [1.82, 2.24) is 5.32 Å². The van der Waals surface area contributed by atoms with Crippen molar-refractivity contribution in [1.29, 1.82) is 0 Å². The van der Waals surface area contributed by atoms with Crippen molar-refractivity contribution in [3.05, 3.63) is 23.5 Å². The zero-order chi connectivity index (χ0) is 6.81. The van der Waals surface area contributed by atoms with E-state index in [-0.39, 0.29) is 0 Å². The van der Waals surface area contributed by atoms with Gasteiger partial charge in [0.1, 0.15) is 0 Å². The van der Waals surface area contributed by atoms with Gasteiger partial charge in [0.2, 0.25) is 0 Å². The van der Waals surface area contributed by atoms with Crippen molar-refractivity contribution in [2.45, 2.75) is 12.8 Å². The summed E-state index contributed by atoms with van der Waals surface area (Å²) in [5.74, 6) is 0. The molecule has 2 aliphatic rings. The third-order valence-corrected chi connectivity index (χ3v) is 1.70. The molecule has 0 saturated carbocycles. The van der Waals surface area contributed by atoms with Crippen LogP contribution in [0.4, 0.5) is 0 Å². The van der Waals surface area contributed by atoms with Gasteiger partial charge < -0.3 is 0 Å². The second-order valence-electron chi connectivity index (χ2n) is 2.43. The van der Waals surface area contributed by atoms with Gasteiger partial charge in [-0.25, -0.2) is 0 Å². The highest BCUT2D eigenvalue weighted by Gasteiger charge is 2.09. The van der Waals surface area contributed by atoms with Crippen molar-refractivity contribution < 1.29 is 0 Å². The van der Waals surface area contributed by atoms with Gasteiger partial charge in [-0.2, -0.15) is 0 Å². The lowest BCUT2D eigenvalue weighted by Crippen LogP contribution is -2.12. The highest BCUT2D eigenvalue weighted by atomic mass is 14.9. The molecule has 0 aliphatic carbocycles. The summed E-state index contributed by atoms with van der Waals surface area (Å²) in [6.45, 7) is 0.842. The van der Waals surface area contributed by atoms with Crippen LogP contribution in [0.25, 0.3) is 0 Å². The molecule has 2 nitrogen and oxygen atoms in total. The standard InChI is InChI=1S/C8H9N2/c1-3-7-8(9-5-1)4-2-6-10-7/h1,3,6H,2,4-5H2. The van der Waals surface area contributed by atoms with Crippen LogP contribution < -0.4 is 5.32 Å². The first-order chi connectivity index (χ1) is 4.97. The van der Waals surface area contributed by atoms with Gasteiger partial charge in [-0.05, 0) is 18.9 Å². The number of allylic oxidation sites excluding steroid dienone is 2. The summed E-state index contributed by atoms with van der Waals surface area (Å²) < 4.78 is 0. The van der Waals surface area contributed by atoms with E-state index in [4.69, 9.17) is 0 Å². The Labute approximate surface area is 60.3 Å². The van der Waals surface area contributed by atoms with Gasteiger partial charge in [-0.1, -0.05) is 6.08 Å². The summed E-state index contributed by atoms with van der Waals surface area (Å²) >= 11 is 0. The average molecular weight is 133 g/mol. The molecule has 2 rings (SSSR count). The van der Waals surface area contributed by atoms with Crippen molar-refractivity contribution in [3.63, 3.8) is 0 Å². The van der Waals surface area contributed by atoms with E-state index in [1.54, 1.807) is 0 Å². The summed E-state index contributed by atoms with van der Waals surface area (Å²) in [7, 11) is 0. The van der Waals surface area contributed by atoms with Crippen LogP contribution >= 0.6 is 0 Å². The molecule has 2 heteroatoms. The number of hydrogen-bond acceptors (Lipinski definition) is 1. The van der Waals surface area contributed by atoms with Crippen LogP contribution in [0.5, 0.6) is 0 Å². The maximum atomic E-state index is 4.33. The van der Waals surface area contributed by atoms with Crippen molar-refractivity contribution in [3.8, 4) is 0 Å². The Morgan fingerprint density at radius 2 is 2.40 bits per heavy atom. The van der Waals surface area contributed by atoms with Gasteiger partial charge in [-0.3, -0.25) is 10.3 Å². The quantitative estimate of drug-likeness (QED) is 0.475. The maximum Gasteiger partial charge on any atom is 0.0833 e. The largest absolute Gasteiger partial charge is 0.283 e. The second-order valence-corrected chi connectivity index (χ2v) is 2.43. The molecule has 2 aliphatic heterocycles. The van der Waals surface area contributed by atoms with E-state index in [9.17, 15) is 0 Å². The molecule has 10 heavy (non-hydrogen) atoms. The fourth-order valence-electron chi connectivity index (χ4n) is 1.19. The highest BCUT2D eigenvalue weighted by molar-refractivity contribution is 5.62. The molecule has 51 valence electrons. The zero-order valence-corrected chi connectivity index (χ0v) is 5.75. The molecule has 0 aromatic heterocycles. The molecule has 0 saturated heterocycles. The minimum Gasteiger partial charge on any atom is -0.283 e. The fraction of sp³-hybridized carbons (Fsp3) is 0.375. The Balaban J connectivity index is 2.32. The van der Waals surface area contributed by atoms with E-state index in [2.05, 4.69) is 16.4 Å². The van der Waals surface area contributed by atoms with Crippen LogP contribution in [0.3, 0.4) is 0 Å².